The molecule has 62 valence electrons. The second-order valence-corrected chi connectivity index (χ2v) is 3.20. The van der Waals surface area contributed by atoms with Gasteiger partial charge in [0.15, 0.2) is 5.78 Å². The molecule has 1 aromatic carbocycles. The lowest BCUT2D eigenvalue weighted by Gasteiger charge is -1.97. The summed E-state index contributed by atoms with van der Waals surface area (Å²) in [7, 11) is 0. The van der Waals surface area contributed by atoms with E-state index in [1.54, 1.807) is 18.2 Å². The van der Waals surface area contributed by atoms with Crippen LogP contribution in [0.5, 0.6) is 0 Å². The zero-order chi connectivity index (χ0) is 8.97. The highest BCUT2D eigenvalue weighted by Crippen LogP contribution is 2.16. The minimum absolute atomic E-state index is 0.0324. The molecule has 0 aromatic heterocycles. The van der Waals surface area contributed by atoms with Crippen molar-refractivity contribution in [3.05, 3.63) is 46.5 Å². The molecule has 1 nitrogen and oxygen atoms in total. The molecule has 0 spiro atoms. The molecule has 1 rings (SSSR count). The summed E-state index contributed by atoms with van der Waals surface area (Å²) in [6, 6.07) is 7.39. The molecule has 12 heavy (non-hydrogen) atoms. The first-order valence-corrected chi connectivity index (χ1v) is 4.46. The van der Waals surface area contributed by atoms with Gasteiger partial charge in [0.05, 0.1) is 0 Å². The van der Waals surface area contributed by atoms with Gasteiger partial charge < -0.3 is 0 Å². The molecule has 0 heterocycles. The standard InChI is InChI=1S/C10H9BrO/c1-2-5-10(12)8-6-3-4-7-9(8)11/h2-7H,1H3. The molecule has 0 aliphatic carbocycles. The van der Waals surface area contributed by atoms with Gasteiger partial charge in [-0.15, -0.1) is 0 Å². The molecule has 0 fully saturated rings. The van der Waals surface area contributed by atoms with Crippen LogP contribution in [0.25, 0.3) is 0 Å². The van der Waals surface area contributed by atoms with Gasteiger partial charge in [0.1, 0.15) is 0 Å². The van der Waals surface area contributed by atoms with Gasteiger partial charge in [-0.3, -0.25) is 4.79 Å². The van der Waals surface area contributed by atoms with Gasteiger partial charge in [-0.25, -0.2) is 0 Å². The maximum absolute atomic E-state index is 11.3. The van der Waals surface area contributed by atoms with Crippen molar-refractivity contribution in [2.75, 3.05) is 0 Å². The lowest BCUT2D eigenvalue weighted by Crippen LogP contribution is -1.94. The predicted octanol–water partition coefficient (Wildman–Crippen LogP) is 3.21. The molecular formula is C10H9BrO. The van der Waals surface area contributed by atoms with E-state index in [-0.39, 0.29) is 5.78 Å². The second kappa shape index (κ2) is 4.21. The molecule has 2 heteroatoms. The Labute approximate surface area is 80.2 Å². The molecule has 0 unspecified atom stereocenters. The SMILES string of the molecule is CC=CC(=O)c1ccccc1Br. The van der Waals surface area contributed by atoms with Crippen LogP contribution < -0.4 is 0 Å². The zero-order valence-corrected chi connectivity index (χ0v) is 8.34. The van der Waals surface area contributed by atoms with Crippen molar-refractivity contribution in [3.8, 4) is 0 Å². The van der Waals surface area contributed by atoms with Crippen LogP contribution in [0.1, 0.15) is 17.3 Å². The summed E-state index contributed by atoms with van der Waals surface area (Å²) in [5, 5.41) is 0. The molecule has 0 amide bonds. The van der Waals surface area contributed by atoms with E-state index in [0.717, 1.165) is 4.47 Å². The number of carbonyl (C=O) groups excluding carboxylic acids is 1. The van der Waals surface area contributed by atoms with Crippen molar-refractivity contribution < 1.29 is 4.79 Å². The van der Waals surface area contributed by atoms with Gasteiger partial charge in [0, 0.05) is 10.0 Å². The van der Waals surface area contributed by atoms with Crippen molar-refractivity contribution in [1.82, 2.24) is 0 Å². The summed E-state index contributed by atoms with van der Waals surface area (Å²) in [5.41, 5.74) is 0.704. The van der Waals surface area contributed by atoms with Gasteiger partial charge in [-0.1, -0.05) is 34.1 Å². The van der Waals surface area contributed by atoms with E-state index < -0.39 is 0 Å². The van der Waals surface area contributed by atoms with E-state index in [0.29, 0.717) is 5.56 Å². The first kappa shape index (κ1) is 9.20. The topological polar surface area (TPSA) is 17.1 Å². The average molecular weight is 225 g/mol. The van der Waals surface area contributed by atoms with Crippen LogP contribution in [0.3, 0.4) is 0 Å². The molecule has 0 bridgehead atoms. The normalized spacial score (nSPS) is 10.5. The van der Waals surface area contributed by atoms with Gasteiger partial charge in [-0.2, -0.15) is 0 Å². The number of hydrogen-bond donors (Lipinski definition) is 0. The Kier molecular flexibility index (Phi) is 3.23. The summed E-state index contributed by atoms with van der Waals surface area (Å²) in [6.45, 7) is 1.83. The number of carbonyl (C=O) groups is 1. The Morgan fingerprint density at radius 2 is 2.08 bits per heavy atom. The Morgan fingerprint density at radius 1 is 1.42 bits per heavy atom. The summed E-state index contributed by atoms with van der Waals surface area (Å²) in [4.78, 5) is 11.3. The van der Waals surface area contributed by atoms with Crippen LogP contribution in [-0.4, -0.2) is 5.78 Å². The molecule has 0 saturated heterocycles. The number of hydrogen-bond acceptors (Lipinski definition) is 1. The third-order valence-corrected chi connectivity index (χ3v) is 2.15. The van der Waals surface area contributed by atoms with E-state index in [9.17, 15) is 4.79 Å². The zero-order valence-electron chi connectivity index (χ0n) is 6.75. The Hall–Kier alpha value is -0.890. The largest absolute Gasteiger partial charge is 0.289 e. The van der Waals surface area contributed by atoms with Crippen molar-refractivity contribution in [1.29, 1.82) is 0 Å². The molecule has 0 saturated carbocycles. The van der Waals surface area contributed by atoms with E-state index in [1.807, 2.05) is 25.1 Å². The highest BCUT2D eigenvalue weighted by atomic mass is 79.9. The molecule has 0 atom stereocenters. The van der Waals surface area contributed by atoms with Gasteiger partial charge >= 0.3 is 0 Å². The fourth-order valence-electron chi connectivity index (χ4n) is 0.902. The van der Waals surface area contributed by atoms with E-state index >= 15 is 0 Å². The minimum Gasteiger partial charge on any atom is -0.289 e. The highest BCUT2D eigenvalue weighted by molar-refractivity contribution is 9.10. The molecule has 1 aromatic rings. The monoisotopic (exact) mass is 224 g/mol. The number of allylic oxidation sites excluding steroid dienone is 2. The summed E-state index contributed by atoms with van der Waals surface area (Å²) < 4.78 is 0.841. The molecule has 0 N–H and O–H groups in total. The van der Waals surface area contributed by atoms with Crippen molar-refractivity contribution in [2.45, 2.75) is 6.92 Å². The quantitative estimate of drug-likeness (QED) is 0.557. The fraction of sp³-hybridized carbons (Fsp3) is 0.100. The molecule has 0 radical (unpaired) electrons. The van der Waals surface area contributed by atoms with E-state index in [1.165, 1.54) is 0 Å². The van der Waals surface area contributed by atoms with Crippen LogP contribution >= 0.6 is 15.9 Å². The van der Waals surface area contributed by atoms with E-state index in [4.69, 9.17) is 0 Å². The fourth-order valence-corrected chi connectivity index (χ4v) is 1.38. The number of ketones is 1. The third-order valence-electron chi connectivity index (χ3n) is 1.46. The first-order valence-electron chi connectivity index (χ1n) is 3.67. The van der Waals surface area contributed by atoms with Gasteiger partial charge in [0.2, 0.25) is 0 Å². The minimum atomic E-state index is 0.0324. The van der Waals surface area contributed by atoms with Crippen LogP contribution in [-0.2, 0) is 0 Å². The lowest BCUT2D eigenvalue weighted by atomic mass is 10.1. The smallest absolute Gasteiger partial charge is 0.186 e. The summed E-state index contributed by atoms with van der Waals surface area (Å²) in [5.74, 6) is 0.0324. The molecule has 0 aliphatic rings. The lowest BCUT2D eigenvalue weighted by molar-refractivity contribution is 0.104. The molecular weight excluding hydrogens is 216 g/mol. The average Bonchev–Trinajstić information content (AvgIpc) is 2.05. The van der Waals surface area contributed by atoms with Crippen molar-refractivity contribution in [2.24, 2.45) is 0 Å². The van der Waals surface area contributed by atoms with E-state index in [2.05, 4.69) is 15.9 Å². The van der Waals surface area contributed by atoms with Crippen LogP contribution in [0.4, 0.5) is 0 Å². The van der Waals surface area contributed by atoms with Crippen molar-refractivity contribution >= 4 is 21.7 Å². The Balaban J connectivity index is 3.03. The summed E-state index contributed by atoms with van der Waals surface area (Å²) >= 11 is 3.31. The van der Waals surface area contributed by atoms with Crippen LogP contribution in [0.15, 0.2) is 40.9 Å². The number of benzene rings is 1. The Bertz CT molecular complexity index is 315. The first-order chi connectivity index (χ1) is 5.75. The Morgan fingerprint density at radius 3 is 2.67 bits per heavy atom. The van der Waals surface area contributed by atoms with Gasteiger partial charge in [0.25, 0.3) is 0 Å². The summed E-state index contributed by atoms with van der Waals surface area (Å²) in [6.07, 6.45) is 3.29. The van der Waals surface area contributed by atoms with Crippen LogP contribution in [0.2, 0.25) is 0 Å². The predicted molar refractivity (Wildman–Crippen MR) is 53.3 cm³/mol. The number of halogens is 1. The van der Waals surface area contributed by atoms with Crippen molar-refractivity contribution in [3.63, 3.8) is 0 Å². The highest BCUT2D eigenvalue weighted by Gasteiger charge is 2.03. The maximum Gasteiger partial charge on any atom is 0.186 e. The molecule has 0 aliphatic heterocycles. The third kappa shape index (κ3) is 2.05. The van der Waals surface area contributed by atoms with Gasteiger partial charge in [-0.05, 0) is 25.1 Å². The number of rotatable bonds is 2. The second-order valence-electron chi connectivity index (χ2n) is 2.34. The maximum atomic E-state index is 11.3. The van der Waals surface area contributed by atoms with Crippen LogP contribution in [0, 0.1) is 0 Å².